The maximum atomic E-state index is 12.3. The second-order valence-electron chi connectivity index (χ2n) is 1.95. The molecule has 1 aromatic carbocycles. The van der Waals surface area contributed by atoms with Crippen LogP contribution in [0.3, 0.4) is 0 Å². The normalized spacial score (nSPS) is 8.25. The topological polar surface area (TPSA) is 0 Å². The van der Waals surface area contributed by atoms with Crippen molar-refractivity contribution in [2.24, 2.45) is 0 Å². The number of hydrogen-bond acceptors (Lipinski definition) is 0. The monoisotopic (exact) mass is 191 g/mol. The van der Waals surface area contributed by atoms with E-state index >= 15 is 0 Å². The number of rotatable bonds is 0. The van der Waals surface area contributed by atoms with Gasteiger partial charge in [-0.1, -0.05) is 18.4 Å². The highest BCUT2D eigenvalue weighted by molar-refractivity contribution is 6.30. The molecule has 0 aliphatic rings. The minimum Gasteiger partial charge on any atom is -0.269 e. The Morgan fingerprint density at radius 1 is 1.42 bits per heavy atom. The molecule has 0 atom stereocenters. The Labute approximate surface area is 79.0 Å². The smallest absolute Gasteiger partial charge is 0.269 e. The molecule has 0 spiro atoms. The molecule has 0 saturated heterocycles. The lowest BCUT2D eigenvalue weighted by Gasteiger charge is -1.92. The van der Waals surface area contributed by atoms with Gasteiger partial charge in [0.05, 0.1) is 7.85 Å². The summed E-state index contributed by atoms with van der Waals surface area (Å²) in [6.45, 7) is 3.30. The third-order valence-electron chi connectivity index (χ3n) is 1.01. The molecule has 0 aliphatic heterocycles. The molecule has 2 radical (unpaired) electrons. The van der Waals surface area contributed by atoms with Gasteiger partial charge in [0.1, 0.15) is 5.82 Å². The predicted molar refractivity (Wildman–Crippen MR) is 50.3 cm³/mol. The van der Waals surface area contributed by atoms with Crippen molar-refractivity contribution in [3.8, 4) is 0 Å². The van der Waals surface area contributed by atoms with Crippen LogP contribution in [0.2, 0.25) is 11.8 Å². The van der Waals surface area contributed by atoms with Gasteiger partial charge >= 0.3 is 0 Å². The van der Waals surface area contributed by atoms with E-state index in [0.717, 1.165) is 5.56 Å². The number of hydrogen-bond donors (Lipinski definition) is 0. The average Bonchev–Trinajstić information content (AvgIpc) is 2.09. The standard InChI is InChI=1S/C7H6ClF.CH3B.FH/c1-5-2-6(8)4-7(9)3-5;1-2;/h2-4H,1H3;1H3;1H/i/hD. The van der Waals surface area contributed by atoms with E-state index in [-0.39, 0.29) is 5.82 Å². The van der Waals surface area contributed by atoms with Crippen LogP contribution in [-0.2, 0) is 0 Å². The summed E-state index contributed by atoms with van der Waals surface area (Å²) < 4.78 is 25.3. The Hall–Kier alpha value is -0.565. The Bertz CT molecular complexity index is 183. The van der Waals surface area contributed by atoms with Gasteiger partial charge in [-0.3, -0.25) is 4.72 Å². The van der Waals surface area contributed by atoms with E-state index < -0.39 is 0 Å². The van der Waals surface area contributed by atoms with Gasteiger partial charge in [-0.15, -0.1) is 0 Å². The summed E-state index contributed by atoms with van der Waals surface area (Å²) in [5.74, 6) is -0.278. The van der Waals surface area contributed by atoms with Crippen LogP contribution in [0, 0.1) is 12.7 Å². The molecule has 4 heteroatoms. The summed E-state index contributed by atoms with van der Waals surface area (Å²) >= 11 is 5.51. The zero-order chi connectivity index (χ0) is 10.9. The molecular formula is C8H10BClF2. The molecule has 1 aromatic rings. The zero-order valence-corrected chi connectivity index (χ0v) is 7.70. The first-order valence-corrected chi connectivity index (χ1v) is 3.57. The van der Waals surface area contributed by atoms with Crippen LogP contribution >= 0.6 is 11.6 Å². The minimum atomic E-state index is -0.278. The largest absolute Gasteiger partial charge is 0.269 e. The van der Waals surface area contributed by atoms with Crippen molar-refractivity contribution in [3.05, 3.63) is 34.6 Å². The van der Waals surface area contributed by atoms with Crippen LogP contribution in [0.25, 0.3) is 0 Å². The van der Waals surface area contributed by atoms with Crippen molar-refractivity contribution >= 4 is 19.4 Å². The van der Waals surface area contributed by atoms with Crippen molar-refractivity contribution in [2.75, 3.05) is 0 Å². The van der Waals surface area contributed by atoms with Crippen LogP contribution in [0.15, 0.2) is 18.2 Å². The highest BCUT2D eigenvalue weighted by Crippen LogP contribution is 2.12. The second-order valence-corrected chi connectivity index (χ2v) is 2.38. The lowest BCUT2D eigenvalue weighted by atomic mass is 10.2. The molecule has 1 rings (SSSR count). The van der Waals surface area contributed by atoms with Crippen LogP contribution in [-0.4, -0.2) is 9.30 Å². The molecule has 0 aromatic heterocycles. The molecule has 0 saturated carbocycles. The first kappa shape index (κ1) is 11.4. The molecule has 0 amide bonds. The first-order chi connectivity index (χ1) is 6.18. The minimum absolute atomic E-state index is 0.278. The van der Waals surface area contributed by atoms with E-state index in [4.69, 9.17) is 16.3 Å². The SMILES string of the molecule is Cc1cc(F)cc(Cl)c1.[2H]F.[B]C. The number of halogens is 3. The number of aryl methyl sites for hydroxylation is 1. The van der Waals surface area contributed by atoms with Gasteiger partial charge in [-0.25, -0.2) is 4.39 Å². The molecule has 0 heterocycles. The quantitative estimate of drug-likeness (QED) is 0.553. The van der Waals surface area contributed by atoms with Crippen molar-refractivity contribution in [1.82, 2.24) is 0 Å². The molecule has 0 unspecified atom stereocenters. The third kappa shape index (κ3) is 5.13. The maximum absolute atomic E-state index is 12.3. The van der Waals surface area contributed by atoms with E-state index in [0.29, 0.717) is 5.02 Å². The Morgan fingerprint density at radius 2 is 1.92 bits per heavy atom. The Balaban J connectivity index is 0. The summed E-state index contributed by atoms with van der Waals surface area (Å²) in [6.07, 6.45) is 0. The van der Waals surface area contributed by atoms with E-state index in [1.54, 1.807) is 13.0 Å². The molecule has 0 bridgehead atoms. The summed E-state index contributed by atoms with van der Waals surface area (Å²) in [5.41, 5.74) is 0.847. The summed E-state index contributed by atoms with van der Waals surface area (Å²) in [6, 6.07) is 4.44. The van der Waals surface area contributed by atoms with Gasteiger partial charge in [0.2, 0.25) is 0 Å². The predicted octanol–water partition coefficient (Wildman–Crippen LogP) is 3.14. The Kier molecular flexibility index (Phi) is 6.77. The van der Waals surface area contributed by atoms with Gasteiger partial charge < -0.3 is 0 Å². The number of benzene rings is 1. The first-order valence-electron chi connectivity index (χ1n) is 3.57. The second kappa shape index (κ2) is 7.10. The highest BCUT2D eigenvalue weighted by atomic mass is 35.5. The fourth-order valence-electron chi connectivity index (χ4n) is 0.692. The molecular weight excluding hydrogens is 180 g/mol. The molecule has 12 heavy (non-hydrogen) atoms. The van der Waals surface area contributed by atoms with Crippen molar-refractivity contribution in [2.45, 2.75) is 13.7 Å². The van der Waals surface area contributed by atoms with E-state index in [1.165, 1.54) is 19.0 Å². The summed E-state index contributed by atoms with van der Waals surface area (Å²) in [5, 5.41) is 0.451. The van der Waals surface area contributed by atoms with E-state index in [9.17, 15) is 4.39 Å². The van der Waals surface area contributed by atoms with Crippen LogP contribution < -0.4 is 0 Å². The molecule has 0 nitrogen and oxygen atoms in total. The lowest BCUT2D eigenvalue weighted by Crippen LogP contribution is -1.75. The molecule has 0 aliphatic carbocycles. The fourth-order valence-corrected chi connectivity index (χ4v) is 0.968. The van der Waals surface area contributed by atoms with Crippen molar-refractivity contribution in [3.63, 3.8) is 0 Å². The van der Waals surface area contributed by atoms with Crippen LogP contribution in [0.1, 0.15) is 5.56 Å². The van der Waals surface area contributed by atoms with E-state index in [2.05, 4.69) is 9.30 Å². The van der Waals surface area contributed by atoms with Gasteiger partial charge in [0, 0.05) is 5.02 Å². The highest BCUT2D eigenvalue weighted by Gasteiger charge is 1.92. The van der Waals surface area contributed by atoms with E-state index in [1.807, 2.05) is 0 Å². The molecule has 66 valence electrons. The van der Waals surface area contributed by atoms with Gasteiger partial charge in [-0.05, 0) is 30.7 Å². The van der Waals surface area contributed by atoms with Gasteiger partial charge in [0.15, 0.2) is 0 Å². The molecule has 0 N–H and O–H groups in total. The summed E-state index contributed by atoms with van der Waals surface area (Å²) in [7, 11) is 4.50. The molecule has 0 fully saturated rings. The van der Waals surface area contributed by atoms with Crippen molar-refractivity contribution in [1.29, 1.82) is 1.45 Å². The third-order valence-corrected chi connectivity index (χ3v) is 1.23. The van der Waals surface area contributed by atoms with Gasteiger partial charge in [-0.2, -0.15) is 0 Å². The Morgan fingerprint density at radius 3 is 2.25 bits per heavy atom. The summed E-state index contributed by atoms with van der Waals surface area (Å²) in [4.78, 5) is 0. The van der Waals surface area contributed by atoms with Gasteiger partial charge in [0.25, 0.3) is 1.45 Å². The average molecular weight is 191 g/mol. The van der Waals surface area contributed by atoms with Crippen LogP contribution in [0.5, 0.6) is 0 Å². The van der Waals surface area contributed by atoms with Crippen molar-refractivity contribution < 1.29 is 9.11 Å². The zero-order valence-electron chi connectivity index (χ0n) is 7.94. The fraction of sp³-hybridized carbons (Fsp3) is 0.250. The maximum Gasteiger partial charge on any atom is 0.269 e. The van der Waals surface area contributed by atoms with Crippen LogP contribution in [0.4, 0.5) is 9.11 Å². The lowest BCUT2D eigenvalue weighted by molar-refractivity contribution is 0.627.